The normalized spacial score (nSPS) is 10.3. The summed E-state index contributed by atoms with van der Waals surface area (Å²) < 4.78 is 14.2. The van der Waals surface area contributed by atoms with Crippen LogP contribution in [-0.2, 0) is 6.54 Å². The molecule has 0 saturated heterocycles. The van der Waals surface area contributed by atoms with Crippen LogP contribution in [0.2, 0.25) is 0 Å². The number of anilines is 1. The molecule has 0 radical (unpaired) electrons. The van der Waals surface area contributed by atoms with Gasteiger partial charge in [-0.1, -0.05) is 42.5 Å². The highest BCUT2D eigenvalue weighted by atomic mass is 32.1. The minimum atomic E-state index is -0.298. The zero-order chi connectivity index (χ0) is 14.5. The van der Waals surface area contributed by atoms with Gasteiger partial charge in [-0.15, -0.1) is 0 Å². The molecule has 2 nitrogen and oxygen atoms in total. The first-order valence-electron chi connectivity index (χ1n) is 6.50. The topological polar surface area (TPSA) is 29.3 Å². The molecule has 0 heterocycles. The molecule has 0 unspecified atom stereocenters. The number of rotatable bonds is 5. The minimum Gasteiger partial charge on any atom is -0.389 e. The van der Waals surface area contributed by atoms with Crippen molar-refractivity contribution in [3.05, 3.63) is 65.5 Å². The fraction of sp³-hybridized carbons (Fsp3) is 0.188. The average Bonchev–Trinajstić information content (AvgIpc) is 2.46. The fourth-order valence-corrected chi connectivity index (χ4v) is 2.21. The van der Waals surface area contributed by atoms with Gasteiger partial charge in [0, 0.05) is 18.7 Å². The molecule has 104 valence electrons. The summed E-state index contributed by atoms with van der Waals surface area (Å²) in [5, 5.41) is 0. The van der Waals surface area contributed by atoms with Crippen molar-refractivity contribution in [3.63, 3.8) is 0 Å². The molecule has 2 rings (SSSR count). The second kappa shape index (κ2) is 6.48. The summed E-state index contributed by atoms with van der Waals surface area (Å²) in [6.07, 6.45) is 0. The molecule has 0 bridgehead atoms. The smallest absolute Gasteiger partial charge is 0.147 e. The molecule has 4 heteroatoms. The van der Waals surface area contributed by atoms with Crippen LogP contribution in [0.25, 0.3) is 0 Å². The molecule has 0 fully saturated rings. The summed E-state index contributed by atoms with van der Waals surface area (Å²) in [5.41, 5.74) is 7.78. The molecule has 2 N–H and O–H groups in total. The summed E-state index contributed by atoms with van der Waals surface area (Å²) in [6.45, 7) is 3.39. The van der Waals surface area contributed by atoms with Crippen molar-refractivity contribution in [1.29, 1.82) is 0 Å². The molecule has 0 amide bonds. The fourth-order valence-electron chi connectivity index (χ4n) is 2.09. The van der Waals surface area contributed by atoms with E-state index in [0.29, 0.717) is 17.8 Å². The zero-order valence-electron chi connectivity index (χ0n) is 11.3. The van der Waals surface area contributed by atoms with Crippen LogP contribution in [0, 0.1) is 5.82 Å². The summed E-state index contributed by atoms with van der Waals surface area (Å²) in [7, 11) is 0. The largest absolute Gasteiger partial charge is 0.389 e. The van der Waals surface area contributed by atoms with Crippen LogP contribution >= 0.6 is 12.2 Å². The SMILES string of the molecule is CCN(Cc1ccccc1)c1ccc(C(N)=S)cc1F. The van der Waals surface area contributed by atoms with Gasteiger partial charge in [-0.2, -0.15) is 0 Å². The second-order valence-electron chi connectivity index (χ2n) is 4.53. The van der Waals surface area contributed by atoms with Crippen molar-refractivity contribution >= 4 is 22.9 Å². The van der Waals surface area contributed by atoms with Gasteiger partial charge < -0.3 is 10.6 Å². The summed E-state index contributed by atoms with van der Waals surface area (Å²) in [5.74, 6) is -0.298. The van der Waals surface area contributed by atoms with Gasteiger partial charge in [0.2, 0.25) is 0 Å². The van der Waals surface area contributed by atoms with E-state index in [4.69, 9.17) is 18.0 Å². The highest BCUT2D eigenvalue weighted by molar-refractivity contribution is 7.80. The lowest BCUT2D eigenvalue weighted by Crippen LogP contribution is -2.23. The van der Waals surface area contributed by atoms with E-state index < -0.39 is 0 Å². The van der Waals surface area contributed by atoms with E-state index >= 15 is 0 Å². The third kappa shape index (κ3) is 3.33. The lowest BCUT2D eigenvalue weighted by molar-refractivity contribution is 0.617. The van der Waals surface area contributed by atoms with E-state index in [0.717, 1.165) is 12.1 Å². The van der Waals surface area contributed by atoms with Crippen LogP contribution in [0.4, 0.5) is 10.1 Å². The zero-order valence-corrected chi connectivity index (χ0v) is 12.2. The molecule has 2 aromatic rings. The first-order chi connectivity index (χ1) is 9.61. The summed E-state index contributed by atoms with van der Waals surface area (Å²) in [4.78, 5) is 2.19. The van der Waals surface area contributed by atoms with E-state index in [1.165, 1.54) is 6.07 Å². The lowest BCUT2D eigenvalue weighted by atomic mass is 10.1. The Morgan fingerprint density at radius 1 is 1.20 bits per heavy atom. The van der Waals surface area contributed by atoms with Gasteiger partial charge in [-0.25, -0.2) is 4.39 Å². The molecule has 20 heavy (non-hydrogen) atoms. The number of benzene rings is 2. The number of thiocarbonyl (C=S) groups is 1. The van der Waals surface area contributed by atoms with Gasteiger partial charge in [-0.05, 0) is 30.7 Å². The number of nitrogens with two attached hydrogens (primary N) is 1. The predicted molar refractivity (Wildman–Crippen MR) is 85.5 cm³/mol. The van der Waals surface area contributed by atoms with Crippen LogP contribution < -0.4 is 10.6 Å². The standard InChI is InChI=1S/C16H17FN2S/c1-2-19(11-12-6-4-3-5-7-12)15-9-8-13(16(18)20)10-14(15)17/h3-10H,2,11H2,1H3,(H2,18,20). The van der Waals surface area contributed by atoms with E-state index in [1.54, 1.807) is 12.1 Å². The second-order valence-corrected chi connectivity index (χ2v) is 4.97. The number of hydrogen-bond donors (Lipinski definition) is 1. The van der Waals surface area contributed by atoms with Gasteiger partial charge in [-0.3, -0.25) is 0 Å². The van der Waals surface area contributed by atoms with E-state index in [-0.39, 0.29) is 10.8 Å². The number of hydrogen-bond acceptors (Lipinski definition) is 2. The number of nitrogens with zero attached hydrogens (tertiary/aromatic N) is 1. The van der Waals surface area contributed by atoms with Gasteiger partial charge in [0.1, 0.15) is 10.8 Å². The molecule has 0 aliphatic rings. The molecular formula is C16H17FN2S. The van der Waals surface area contributed by atoms with Crippen molar-refractivity contribution in [1.82, 2.24) is 0 Å². The minimum absolute atomic E-state index is 0.210. The van der Waals surface area contributed by atoms with Crippen LogP contribution in [0.1, 0.15) is 18.1 Å². The quantitative estimate of drug-likeness (QED) is 0.854. The van der Waals surface area contributed by atoms with E-state index in [9.17, 15) is 4.39 Å². The van der Waals surface area contributed by atoms with Crippen molar-refractivity contribution in [2.24, 2.45) is 5.73 Å². The van der Waals surface area contributed by atoms with Crippen molar-refractivity contribution in [2.75, 3.05) is 11.4 Å². The monoisotopic (exact) mass is 288 g/mol. The predicted octanol–water partition coefficient (Wildman–Crippen LogP) is 3.49. The van der Waals surface area contributed by atoms with E-state index in [1.807, 2.05) is 42.2 Å². The van der Waals surface area contributed by atoms with Crippen LogP contribution in [-0.4, -0.2) is 11.5 Å². The van der Waals surface area contributed by atoms with Crippen LogP contribution in [0.15, 0.2) is 48.5 Å². The highest BCUT2D eigenvalue weighted by Gasteiger charge is 2.12. The molecule has 0 saturated carbocycles. The molecule has 0 atom stereocenters. The number of halogens is 1. The van der Waals surface area contributed by atoms with Gasteiger partial charge >= 0.3 is 0 Å². The molecule has 0 aliphatic carbocycles. The third-order valence-corrected chi connectivity index (χ3v) is 3.41. The maximum absolute atomic E-state index is 14.2. The van der Waals surface area contributed by atoms with Crippen molar-refractivity contribution in [3.8, 4) is 0 Å². The Morgan fingerprint density at radius 3 is 2.45 bits per heavy atom. The Balaban J connectivity index is 2.26. The highest BCUT2D eigenvalue weighted by Crippen LogP contribution is 2.22. The summed E-state index contributed by atoms with van der Waals surface area (Å²) in [6, 6.07) is 14.9. The molecular weight excluding hydrogens is 271 g/mol. The molecule has 0 aromatic heterocycles. The van der Waals surface area contributed by atoms with Gasteiger partial charge in [0.25, 0.3) is 0 Å². The third-order valence-electron chi connectivity index (χ3n) is 3.17. The van der Waals surface area contributed by atoms with Crippen molar-refractivity contribution < 1.29 is 4.39 Å². The first-order valence-corrected chi connectivity index (χ1v) is 6.91. The lowest BCUT2D eigenvalue weighted by Gasteiger charge is -2.24. The Morgan fingerprint density at radius 2 is 1.90 bits per heavy atom. The maximum atomic E-state index is 14.2. The van der Waals surface area contributed by atoms with Crippen LogP contribution in [0.5, 0.6) is 0 Å². The summed E-state index contributed by atoms with van der Waals surface area (Å²) >= 11 is 4.86. The van der Waals surface area contributed by atoms with Gasteiger partial charge in [0.15, 0.2) is 0 Å². The van der Waals surface area contributed by atoms with Crippen LogP contribution in [0.3, 0.4) is 0 Å². The van der Waals surface area contributed by atoms with E-state index in [2.05, 4.69) is 0 Å². The Hall–Kier alpha value is -1.94. The molecule has 0 aliphatic heterocycles. The first kappa shape index (κ1) is 14.5. The Bertz CT molecular complexity index is 599. The Kier molecular flexibility index (Phi) is 4.69. The maximum Gasteiger partial charge on any atom is 0.147 e. The molecule has 2 aromatic carbocycles. The Labute approximate surface area is 124 Å². The van der Waals surface area contributed by atoms with Crippen molar-refractivity contribution in [2.45, 2.75) is 13.5 Å². The molecule has 0 spiro atoms. The average molecular weight is 288 g/mol. The van der Waals surface area contributed by atoms with Gasteiger partial charge in [0.05, 0.1) is 5.69 Å².